The Kier molecular flexibility index (Phi) is 4.66. The quantitative estimate of drug-likeness (QED) is 0.877. The van der Waals surface area contributed by atoms with Crippen molar-refractivity contribution in [2.24, 2.45) is 0 Å². The molecule has 6 heteroatoms. The zero-order valence-electron chi connectivity index (χ0n) is 15.5. The number of anilines is 2. The summed E-state index contributed by atoms with van der Waals surface area (Å²) in [4.78, 5) is 18.5. The summed E-state index contributed by atoms with van der Waals surface area (Å²) in [5.41, 5.74) is 4.11. The molecule has 3 heterocycles. The molecule has 0 saturated carbocycles. The molecule has 140 valence electrons. The van der Waals surface area contributed by atoms with Crippen LogP contribution in [0.15, 0.2) is 42.6 Å². The Morgan fingerprint density at radius 3 is 2.85 bits per heavy atom. The van der Waals surface area contributed by atoms with Gasteiger partial charge in [-0.1, -0.05) is 18.2 Å². The second-order valence-electron chi connectivity index (χ2n) is 7.20. The summed E-state index contributed by atoms with van der Waals surface area (Å²) in [7, 11) is 1.88. The van der Waals surface area contributed by atoms with E-state index >= 15 is 0 Å². The third-order valence-electron chi connectivity index (χ3n) is 5.35. The lowest BCUT2D eigenvalue weighted by Crippen LogP contribution is -2.44. The van der Waals surface area contributed by atoms with Crippen molar-refractivity contribution in [1.29, 1.82) is 0 Å². The number of pyridine rings is 1. The maximum Gasteiger partial charge on any atom is 0.246 e. The minimum absolute atomic E-state index is 0.0155. The molecule has 5 nitrogen and oxygen atoms in total. The molecule has 2 N–H and O–H groups in total. The lowest BCUT2D eigenvalue weighted by molar-refractivity contribution is -0.117. The van der Waals surface area contributed by atoms with Gasteiger partial charge in [-0.15, -0.1) is 0 Å². The maximum absolute atomic E-state index is 13.2. The van der Waals surface area contributed by atoms with Gasteiger partial charge < -0.3 is 15.5 Å². The Morgan fingerprint density at radius 2 is 2.07 bits per heavy atom. The van der Waals surface area contributed by atoms with Crippen LogP contribution in [0.25, 0.3) is 5.57 Å². The van der Waals surface area contributed by atoms with Crippen molar-refractivity contribution in [2.45, 2.75) is 31.8 Å². The zero-order chi connectivity index (χ0) is 19.0. The van der Waals surface area contributed by atoms with E-state index < -0.39 is 0 Å². The summed E-state index contributed by atoms with van der Waals surface area (Å²) < 4.78 is 13.2. The number of carbonyl (C=O) groups excluding carboxylic acids is 1. The topological polar surface area (TPSA) is 57.3 Å². The lowest BCUT2D eigenvalue weighted by atomic mass is 9.94. The van der Waals surface area contributed by atoms with E-state index in [2.05, 4.69) is 21.7 Å². The van der Waals surface area contributed by atoms with Gasteiger partial charge in [-0.05, 0) is 61.2 Å². The second-order valence-corrected chi connectivity index (χ2v) is 7.20. The van der Waals surface area contributed by atoms with Crippen LogP contribution in [0.2, 0.25) is 0 Å². The minimum atomic E-state index is -0.225. The molecule has 2 aromatic rings. The normalized spacial score (nSPS) is 22.1. The van der Waals surface area contributed by atoms with Crippen LogP contribution in [0, 0.1) is 5.82 Å². The number of aromatic nitrogens is 1. The number of carbonyl (C=O) groups is 1. The summed E-state index contributed by atoms with van der Waals surface area (Å²) >= 11 is 0. The van der Waals surface area contributed by atoms with Gasteiger partial charge >= 0.3 is 0 Å². The Balaban J connectivity index is 1.54. The van der Waals surface area contributed by atoms with Crippen LogP contribution in [-0.2, 0) is 11.2 Å². The minimum Gasteiger partial charge on any atom is -0.346 e. The highest BCUT2D eigenvalue weighted by Gasteiger charge is 2.28. The van der Waals surface area contributed by atoms with E-state index in [-0.39, 0.29) is 23.8 Å². The van der Waals surface area contributed by atoms with E-state index in [0.29, 0.717) is 0 Å². The van der Waals surface area contributed by atoms with E-state index in [4.69, 9.17) is 0 Å². The van der Waals surface area contributed by atoms with Crippen LogP contribution in [0.5, 0.6) is 0 Å². The van der Waals surface area contributed by atoms with Gasteiger partial charge in [0.15, 0.2) is 5.82 Å². The summed E-state index contributed by atoms with van der Waals surface area (Å²) in [6.45, 7) is 2.74. The molecule has 1 aromatic heterocycles. The highest BCUT2D eigenvalue weighted by molar-refractivity contribution is 6.02. The highest BCUT2D eigenvalue weighted by Crippen LogP contribution is 2.30. The number of nitrogens with zero attached hydrogens (tertiary/aromatic N) is 2. The van der Waals surface area contributed by atoms with Crippen LogP contribution in [-0.4, -0.2) is 36.6 Å². The average Bonchev–Trinajstić information content (AvgIpc) is 2.67. The second kappa shape index (κ2) is 7.12. The molecule has 0 radical (unpaired) electrons. The molecular weight excluding hydrogens is 343 g/mol. The van der Waals surface area contributed by atoms with E-state index in [9.17, 15) is 9.18 Å². The molecule has 2 aliphatic rings. The Morgan fingerprint density at radius 1 is 1.30 bits per heavy atom. The Hall–Kier alpha value is -2.73. The van der Waals surface area contributed by atoms with Crippen molar-refractivity contribution in [2.75, 3.05) is 23.8 Å². The van der Waals surface area contributed by atoms with Gasteiger partial charge in [-0.3, -0.25) is 4.79 Å². The molecule has 0 fully saturated rings. The van der Waals surface area contributed by atoms with Crippen LogP contribution < -0.4 is 15.5 Å². The van der Waals surface area contributed by atoms with Crippen molar-refractivity contribution >= 4 is 23.0 Å². The first-order valence-corrected chi connectivity index (χ1v) is 9.24. The number of fused-ring (bicyclic) bond motifs is 1. The van der Waals surface area contributed by atoms with Crippen LogP contribution in [0.3, 0.4) is 0 Å². The van der Waals surface area contributed by atoms with E-state index in [1.54, 1.807) is 0 Å². The molecule has 1 unspecified atom stereocenters. The zero-order valence-corrected chi connectivity index (χ0v) is 15.5. The summed E-state index contributed by atoms with van der Waals surface area (Å²) in [5, 5.41) is 6.45. The average molecular weight is 366 g/mol. The standard InChI is InChI=1S/C21H23FN4O/c1-13-21(27)25-19-10-14(12-24-20(19)26(13)2)9-18-11-16(7-8-23-18)15-3-5-17(22)6-4-15/h3-6,10-13,18,23H,7-9H2,1-2H3,(H,25,27)/t13-,18?/m0/s1. The van der Waals surface area contributed by atoms with Gasteiger partial charge in [-0.25, -0.2) is 9.37 Å². The number of hydrogen-bond acceptors (Lipinski definition) is 4. The van der Waals surface area contributed by atoms with Crippen molar-refractivity contribution in [3.8, 4) is 0 Å². The first-order chi connectivity index (χ1) is 13.0. The molecule has 0 aliphatic carbocycles. The molecule has 0 spiro atoms. The Labute approximate surface area is 158 Å². The summed E-state index contributed by atoms with van der Waals surface area (Å²) in [6, 6.07) is 8.62. The van der Waals surface area contributed by atoms with Gasteiger partial charge in [0.1, 0.15) is 11.9 Å². The molecule has 27 heavy (non-hydrogen) atoms. The first-order valence-electron chi connectivity index (χ1n) is 9.24. The number of hydrogen-bond donors (Lipinski definition) is 2. The maximum atomic E-state index is 13.2. The number of nitrogens with one attached hydrogen (secondary N) is 2. The number of rotatable bonds is 3. The summed E-state index contributed by atoms with van der Waals surface area (Å²) in [5.74, 6) is 0.564. The SMILES string of the molecule is C[C@H]1C(=O)Nc2cc(CC3C=C(c4ccc(F)cc4)CCN3)cnc2N1C. The van der Waals surface area contributed by atoms with Gasteiger partial charge in [0.05, 0.1) is 5.69 Å². The van der Waals surface area contributed by atoms with Gasteiger partial charge in [-0.2, -0.15) is 0 Å². The van der Waals surface area contributed by atoms with Crippen LogP contribution in [0.4, 0.5) is 15.9 Å². The van der Waals surface area contributed by atoms with Crippen molar-refractivity contribution in [1.82, 2.24) is 10.3 Å². The number of benzene rings is 1. The van der Waals surface area contributed by atoms with Gasteiger partial charge in [0.2, 0.25) is 5.91 Å². The smallest absolute Gasteiger partial charge is 0.246 e. The number of likely N-dealkylation sites (N-methyl/N-ethyl adjacent to an activating group) is 1. The fraction of sp³-hybridized carbons (Fsp3) is 0.333. The summed E-state index contributed by atoms with van der Waals surface area (Å²) in [6.07, 6.45) is 5.79. The number of halogens is 1. The molecule has 4 rings (SSSR count). The third kappa shape index (κ3) is 3.57. The van der Waals surface area contributed by atoms with E-state index in [0.717, 1.165) is 42.0 Å². The van der Waals surface area contributed by atoms with Gasteiger partial charge in [0, 0.05) is 19.3 Å². The van der Waals surface area contributed by atoms with Crippen LogP contribution >= 0.6 is 0 Å². The van der Waals surface area contributed by atoms with E-state index in [1.807, 2.05) is 43.3 Å². The monoisotopic (exact) mass is 366 g/mol. The molecule has 1 aromatic carbocycles. The molecular formula is C21H23FN4O. The van der Waals surface area contributed by atoms with Crippen molar-refractivity contribution < 1.29 is 9.18 Å². The lowest BCUT2D eigenvalue weighted by Gasteiger charge is -2.32. The molecule has 2 aliphatic heterocycles. The highest BCUT2D eigenvalue weighted by atomic mass is 19.1. The van der Waals surface area contributed by atoms with Crippen molar-refractivity contribution in [3.63, 3.8) is 0 Å². The van der Waals surface area contributed by atoms with Crippen LogP contribution in [0.1, 0.15) is 24.5 Å². The Bertz CT molecular complexity index is 894. The van der Waals surface area contributed by atoms with Gasteiger partial charge in [0.25, 0.3) is 0 Å². The van der Waals surface area contributed by atoms with Crippen molar-refractivity contribution in [3.05, 3.63) is 59.5 Å². The number of amides is 1. The first kappa shape index (κ1) is 17.7. The molecule has 0 bridgehead atoms. The van der Waals surface area contributed by atoms with E-state index in [1.165, 1.54) is 17.7 Å². The molecule has 2 atom stereocenters. The molecule has 0 saturated heterocycles. The third-order valence-corrected chi connectivity index (χ3v) is 5.35. The molecule has 1 amide bonds. The largest absolute Gasteiger partial charge is 0.346 e. The predicted molar refractivity (Wildman–Crippen MR) is 105 cm³/mol. The fourth-order valence-corrected chi connectivity index (χ4v) is 3.65. The fourth-order valence-electron chi connectivity index (χ4n) is 3.65. The predicted octanol–water partition coefficient (Wildman–Crippen LogP) is 2.99.